The van der Waals surface area contributed by atoms with Crippen molar-refractivity contribution in [2.45, 2.75) is 33.2 Å². The first-order valence-corrected chi connectivity index (χ1v) is 9.11. The van der Waals surface area contributed by atoms with Gasteiger partial charge in [0.15, 0.2) is 0 Å². The van der Waals surface area contributed by atoms with E-state index >= 15 is 0 Å². The molecule has 0 aliphatic carbocycles. The SMILES string of the molecule is CC(C)(C)C(CCNC(=O)O)Nc1ccc(-c2n[nH]c3ccccc23)cc1. The molecule has 1 atom stereocenters. The Kier molecular flexibility index (Phi) is 5.35. The van der Waals surface area contributed by atoms with Crippen molar-refractivity contribution in [3.8, 4) is 11.3 Å². The third kappa shape index (κ3) is 4.58. The zero-order valence-corrected chi connectivity index (χ0v) is 15.9. The minimum absolute atomic E-state index is 0.00273. The highest BCUT2D eigenvalue weighted by Gasteiger charge is 2.24. The van der Waals surface area contributed by atoms with Gasteiger partial charge in [-0.2, -0.15) is 5.10 Å². The molecule has 0 fully saturated rings. The van der Waals surface area contributed by atoms with Crippen LogP contribution >= 0.6 is 0 Å². The first-order valence-electron chi connectivity index (χ1n) is 9.11. The summed E-state index contributed by atoms with van der Waals surface area (Å²) in [5.74, 6) is 0. The van der Waals surface area contributed by atoms with Crippen LogP contribution in [0.2, 0.25) is 0 Å². The van der Waals surface area contributed by atoms with Gasteiger partial charge in [0.05, 0.1) is 11.2 Å². The second kappa shape index (κ2) is 7.70. The molecule has 6 nitrogen and oxygen atoms in total. The van der Waals surface area contributed by atoms with Crippen molar-refractivity contribution in [3.05, 3.63) is 48.5 Å². The van der Waals surface area contributed by atoms with E-state index in [0.717, 1.165) is 27.8 Å². The molecule has 1 aromatic heterocycles. The Labute approximate surface area is 159 Å². The second-order valence-corrected chi connectivity index (χ2v) is 7.78. The Morgan fingerprint density at radius 3 is 2.52 bits per heavy atom. The number of aromatic amines is 1. The average molecular weight is 366 g/mol. The molecule has 1 unspecified atom stereocenters. The number of hydrogen-bond acceptors (Lipinski definition) is 3. The smallest absolute Gasteiger partial charge is 0.404 e. The fraction of sp³-hybridized carbons (Fsp3) is 0.333. The number of benzene rings is 2. The average Bonchev–Trinajstić information content (AvgIpc) is 3.04. The number of aromatic nitrogens is 2. The first-order chi connectivity index (χ1) is 12.8. The van der Waals surface area contributed by atoms with E-state index in [0.29, 0.717) is 13.0 Å². The van der Waals surface area contributed by atoms with Crippen molar-refractivity contribution < 1.29 is 9.90 Å². The molecule has 6 heteroatoms. The van der Waals surface area contributed by atoms with E-state index < -0.39 is 6.09 Å². The van der Waals surface area contributed by atoms with Crippen molar-refractivity contribution in [1.29, 1.82) is 0 Å². The number of nitrogens with one attached hydrogen (secondary N) is 3. The van der Waals surface area contributed by atoms with Gasteiger partial charge in [0.2, 0.25) is 0 Å². The number of rotatable bonds is 6. The molecule has 1 amide bonds. The Morgan fingerprint density at radius 2 is 1.85 bits per heavy atom. The van der Waals surface area contributed by atoms with Crippen LogP contribution in [-0.2, 0) is 0 Å². The Hall–Kier alpha value is -3.02. The van der Waals surface area contributed by atoms with Crippen LogP contribution in [0.25, 0.3) is 22.2 Å². The molecule has 0 aliphatic heterocycles. The van der Waals surface area contributed by atoms with Crippen LogP contribution in [0.5, 0.6) is 0 Å². The van der Waals surface area contributed by atoms with Crippen molar-refractivity contribution in [2.24, 2.45) is 5.41 Å². The van der Waals surface area contributed by atoms with E-state index in [2.05, 4.69) is 59.8 Å². The van der Waals surface area contributed by atoms with E-state index in [4.69, 9.17) is 5.11 Å². The summed E-state index contributed by atoms with van der Waals surface area (Å²) in [5.41, 5.74) is 4.02. The zero-order chi connectivity index (χ0) is 19.4. The van der Waals surface area contributed by atoms with E-state index in [-0.39, 0.29) is 11.5 Å². The highest BCUT2D eigenvalue weighted by atomic mass is 16.4. The molecule has 0 bridgehead atoms. The number of carboxylic acid groups (broad SMARTS) is 1. The molecule has 3 rings (SSSR count). The standard InChI is InChI=1S/C21H26N4O2/c1-21(2,3)18(12-13-22-20(26)27)23-15-10-8-14(9-11-15)19-16-6-4-5-7-17(16)24-25-19/h4-11,18,22-23H,12-13H2,1-3H3,(H,24,25)(H,26,27). The van der Waals surface area contributed by atoms with E-state index in [1.165, 1.54) is 0 Å². The first kappa shape index (κ1) is 18.8. The second-order valence-electron chi connectivity index (χ2n) is 7.78. The molecule has 4 N–H and O–H groups in total. The van der Waals surface area contributed by atoms with Gasteiger partial charge in [-0.15, -0.1) is 0 Å². The number of hydrogen-bond donors (Lipinski definition) is 4. The van der Waals surface area contributed by atoms with Crippen molar-refractivity contribution in [2.75, 3.05) is 11.9 Å². The molecule has 0 aliphatic rings. The monoisotopic (exact) mass is 366 g/mol. The van der Waals surface area contributed by atoms with Gasteiger partial charge in [0.1, 0.15) is 0 Å². The van der Waals surface area contributed by atoms with Gasteiger partial charge in [-0.3, -0.25) is 5.10 Å². The van der Waals surface area contributed by atoms with Crippen molar-refractivity contribution >= 4 is 22.7 Å². The maximum Gasteiger partial charge on any atom is 0.404 e. The minimum Gasteiger partial charge on any atom is -0.465 e. The number of nitrogens with zero attached hydrogens (tertiary/aromatic N) is 1. The molecule has 142 valence electrons. The van der Waals surface area contributed by atoms with Gasteiger partial charge in [0.25, 0.3) is 0 Å². The number of fused-ring (bicyclic) bond motifs is 1. The van der Waals surface area contributed by atoms with Crippen LogP contribution in [0.15, 0.2) is 48.5 Å². The number of amides is 1. The van der Waals surface area contributed by atoms with Crippen LogP contribution in [0, 0.1) is 5.41 Å². The minimum atomic E-state index is -0.988. The molecule has 0 spiro atoms. The van der Waals surface area contributed by atoms with Gasteiger partial charge in [0, 0.05) is 29.2 Å². The number of carbonyl (C=O) groups is 1. The molecular formula is C21H26N4O2. The zero-order valence-electron chi connectivity index (χ0n) is 15.9. The largest absolute Gasteiger partial charge is 0.465 e. The van der Waals surface area contributed by atoms with E-state index in [1.807, 2.05) is 30.3 Å². The molecule has 0 radical (unpaired) electrons. The van der Waals surface area contributed by atoms with Gasteiger partial charge in [-0.25, -0.2) is 4.79 Å². The van der Waals surface area contributed by atoms with Crippen LogP contribution in [-0.4, -0.2) is 34.0 Å². The Balaban J connectivity index is 1.74. The lowest BCUT2D eigenvalue weighted by atomic mass is 9.84. The topological polar surface area (TPSA) is 90.0 Å². The van der Waals surface area contributed by atoms with Crippen molar-refractivity contribution in [1.82, 2.24) is 15.5 Å². The molecule has 1 heterocycles. The molecular weight excluding hydrogens is 340 g/mol. The lowest BCUT2D eigenvalue weighted by Crippen LogP contribution is -2.37. The quantitative estimate of drug-likeness (QED) is 0.508. The number of para-hydroxylation sites is 1. The van der Waals surface area contributed by atoms with Gasteiger partial charge in [-0.05, 0) is 30.0 Å². The molecule has 2 aromatic carbocycles. The summed E-state index contributed by atoms with van der Waals surface area (Å²) in [6.07, 6.45) is -0.278. The maximum absolute atomic E-state index is 10.7. The lowest BCUT2D eigenvalue weighted by Gasteiger charge is -2.32. The molecule has 27 heavy (non-hydrogen) atoms. The van der Waals surface area contributed by atoms with Crippen molar-refractivity contribution in [3.63, 3.8) is 0 Å². The molecule has 0 saturated heterocycles. The summed E-state index contributed by atoms with van der Waals surface area (Å²) in [5, 5.41) is 23.4. The van der Waals surface area contributed by atoms with Crippen LogP contribution in [0.3, 0.4) is 0 Å². The third-order valence-electron chi connectivity index (χ3n) is 4.72. The highest BCUT2D eigenvalue weighted by Crippen LogP contribution is 2.29. The summed E-state index contributed by atoms with van der Waals surface area (Å²) in [4.78, 5) is 10.7. The van der Waals surface area contributed by atoms with Gasteiger partial charge < -0.3 is 15.7 Å². The summed E-state index contributed by atoms with van der Waals surface area (Å²) < 4.78 is 0. The summed E-state index contributed by atoms with van der Waals surface area (Å²) in [7, 11) is 0. The third-order valence-corrected chi connectivity index (χ3v) is 4.72. The Morgan fingerprint density at radius 1 is 1.15 bits per heavy atom. The number of anilines is 1. The summed E-state index contributed by atoms with van der Waals surface area (Å²) in [6.45, 7) is 6.86. The predicted octanol–water partition coefficient (Wildman–Crippen LogP) is 4.71. The van der Waals surface area contributed by atoms with Crippen LogP contribution < -0.4 is 10.6 Å². The Bertz CT molecular complexity index is 910. The van der Waals surface area contributed by atoms with Gasteiger partial charge >= 0.3 is 6.09 Å². The number of H-pyrrole nitrogens is 1. The lowest BCUT2D eigenvalue weighted by molar-refractivity contribution is 0.193. The van der Waals surface area contributed by atoms with E-state index in [1.54, 1.807) is 0 Å². The molecule has 0 saturated carbocycles. The fourth-order valence-corrected chi connectivity index (χ4v) is 3.15. The summed E-state index contributed by atoms with van der Waals surface area (Å²) in [6, 6.07) is 16.4. The fourth-order valence-electron chi connectivity index (χ4n) is 3.15. The summed E-state index contributed by atoms with van der Waals surface area (Å²) >= 11 is 0. The van der Waals surface area contributed by atoms with E-state index in [9.17, 15) is 4.79 Å². The van der Waals surface area contributed by atoms with Gasteiger partial charge in [-0.1, -0.05) is 51.1 Å². The van der Waals surface area contributed by atoms with Crippen LogP contribution in [0.1, 0.15) is 27.2 Å². The van der Waals surface area contributed by atoms with Crippen LogP contribution in [0.4, 0.5) is 10.5 Å². The normalized spacial score (nSPS) is 12.7. The molecule has 3 aromatic rings. The predicted molar refractivity (Wildman–Crippen MR) is 109 cm³/mol. The maximum atomic E-state index is 10.7. The highest BCUT2D eigenvalue weighted by molar-refractivity contribution is 5.92.